The summed E-state index contributed by atoms with van der Waals surface area (Å²) in [5.41, 5.74) is 1.22. The van der Waals surface area contributed by atoms with Gasteiger partial charge in [0, 0.05) is 30.8 Å². The van der Waals surface area contributed by atoms with Gasteiger partial charge in [-0.25, -0.2) is 9.97 Å². The second-order valence-corrected chi connectivity index (χ2v) is 6.93. The molecule has 128 valence electrons. The average molecular weight is 317 g/mol. The van der Waals surface area contributed by atoms with Gasteiger partial charge in [-0.15, -0.1) is 0 Å². The van der Waals surface area contributed by atoms with Crippen LogP contribution in [-0.4, -0.2) is 54.1 Å². The first-order valence-electron chi connectivity index (χ1n) is 9.34. The van der Waals surface area contributed by atoms with Gasteiger partial charge in [0.15, 0.2) is 0 Å². The topological polar surface area (TPSA) is 53.1 Å². The van der Waals surface area contributed by atoms with Gasteiger partial charge in [0.25, 0.3) is 0 Å². The molecule has 2 aliphatic heterocycles. The van der Waals surface area contributed by atoms with Gasteiger partial charge in [-0.3, -0.25) is 0 Å². The highest BCUT2D eigenvalue weighted by atomic mass is 15.1. The Bertz CT molecular complexity index is 476. The molecule has 0 aromatic carbocycles. The van der Waals surface area contributed by atoms with Crippen molar-refractivity contribution >= 4 is 5.82 Å². The zero-order chi connectivity index (χ0) is 15.9. The van der Waals surface area contributed by atoms with E-state index >= 15 is 0 Å². The van der Waals surface area contributed by atoms with Crippen LogP contribution in [0.15, 0.2) is 6.07 Å². The molecule has 5 nitrogen and oxygen atoms in total. The Morgan fingerprint density at radius 3 is 2.61 bits per heavy atom. The van der Waals surface area contributed by atoms with Gasteiger partial charge in [-0.1, -0.05) is 12.8 Å². The Morgan fingerprint density at radius 2 is 1.87 bits per heavy atom. The van der Waals surface area contributed by atoms with Crippen LogP contribution < -0.4 is 10.6 Å². The summed E-state index contributed by atoms with van der Waals surface area (Å²) in [6.07, 6.45) is 7.87. The van der Waals surface area contributed by atoms with Crippen molar-refractivity contribution in [2.75, 3.05) is 44.6 Å². The Morgan fingerprint density at radius 1 is 1.13 bits per heavy atom. The normalized spacial score (nSPS) is 21.1. The third kappa shape index (κ3) is 5.15. The van der Waals surface area contributed by atoms with Crippen LogP contribution in [0.4, 0.5) is 5.82 Å². The summed E-state index contributed by atoms with van der Waals surface area (Å²) < 4.78 is 0. The Hall–Kier alpha value is -1.20. The molecule has 3 heterocycles. The van der Waals surface area contributed by atoms with Gasteiger partial charge in [0.1, 0.15) is 11.6 Å². The van der Waals surface area contributed by atoms with Gasteiger partial charge in [0.05, 0.1) is 0 Å². The molecular formula is C18H31N5. The SMILES string of the molecule is Cc1nc(NCCN2CCCCCC2)cc(C2CCNCC2)n1. The van der Waals surface area contributed by atoms with Crippen LogP contribution in [0.3, 0.4) is 0 Å². The number of nitrogens with one attached hydrogen (secondary N) is 2. The lowest BCUT2D eigenvalue weighted by Crippen LogP contribution is -2.30. The lowest BCUT2D eigenvalue weighted by atomic mass is 9.94. The first-order chi connectivity index (χ1) is 11.3. The number of hydrogen-bond donors (Lipinski definition) is 2. The van der Waals surface area contributed by atoms with E-state index in [2.05, 4.69) is 31.6 Å². The molecule has 0 spiro atoms. The second-order valence-electron chi connectivity index (χ2n) is 6.93. The molecule has 23 heavy (non-hydrogen) atoms. The molecule has 0 atom stereocenters. The predicted molar refractivity (Wildman–Crippen MR) is 95.0 cm³/mol. The number of rotatable bonds is 5. The third-order valence-electron chi connectivity index (χ3n) is 5.05. The summed E-state index contributed by atoms with van der Waals surface area (Å²) >= 11 is 0. The fourth-order valence-corrected chi connectivity index (χ4v) is 3.71. The Kier molecular flexibility index (Phi) is 6.22. The van der Waals surface area contributed by atoms with Crippen molar-refractivity contribution in [1.82, 2.24) is 20.2 Å². The highest BCUT2D eigenvalue weighted by molar-refractivity contribution is 5.37. The number of piperidine rings is 1. The molecule has 2 saturated heterocycles. The predicted octanol–water partition coefficient (Wildman–Crippen LogP) is 2.54. The zero-order valence-corrected chi connectivity index (χ0v) is 14.5. The molecule has 5 heteroatoms. The first-order valence-corrected chi connectivity index (χ1v) is 9.34. The van der Waals surface area contributed by atoms with Crippen molar-refractivity contribution in [3.05, 3.63) is 17.6 Å². The van der Waals surface area contributed by atoms with Gasteiger partial charge in [0.2, 0.25) is 0 Å². The maximum Gasteiger partial charge on any atom is 0.129 e. The van der Waals surface area contributed by atoms with Crippen LogP contribution in [0.2, 0.25) is 0 Å². The van der Waals surface area contributed by atoms with E-state index in [0.717, 1.165) is 37.8 Å². The van der Waals surface area contributed by atoms with Crippen LogP contribution >= 0.6 is 0 Å². The fraction of sp³-hybridized carbons (Fsp3) is 0.778. The Labute approximate surface area is 140 Å². The minimum atomic E-state index is 0.587. The molecule has 3 rings (SSSR count). The summed E-state index contributed by atoms with van der Waals surface area (Å²) in [6.45, 7) is 8.81. The average Bonchev–Trinajstić information content (AvgIpc) is 2.84. The number of anilines is 1. The van der Waals surface area contributed by atoms with E-state index in [9.17, 15) is 0 Å². The number of aromatic nitrogens is 2. The maximum absolute atomic E-state index is 4.68. The van der Waals surface area contributed by atoms with E-state index in [4.69, 9.17) is 0 Å². The lowest BCUT2D eigenvalue weighted by molar-refractivity contribution is 0.296. The number of nitrogens with zero attached hydrogens (tertiary/aromatic N) is 3. The van der Waals surface area contributed by atoms with E-state index in [1.807, 2.05) is 6.92 Å². The summed E-state index contributed by atoms with van der Waals surface area (Å²) in [5.74, 6) is 2.48. The summed E-state index contributed by atoms with van der Waals surface area (Å²) in [7, 11) is 0. The highest BCUT2D eigenvalue weighted by Gasteiger charge is 2.17. The third-order valence-corrected chi connectivity index (χ3v) is 5.05. The van der Waals surface area contributed by atoms with Crippen LogP contribution in [0, 0.1) is 6.92 Å². The first kappa shape index (κ1) is 16.7. The van der Waals surface area contributed by atoms with E-state index in [1.54, 1.807) is 0 Å². The van der Waals surface area contributed by atoms with E-state index in [0.29, 0.717) is 5.92 Å². The van der Waals surface area contributed by atoms with Gasteiger partial charge >= 0.3 is 0 Å². The van der Waals surface area contributed by atoms with Gasteiger partial charge < -0.3 is 15.5 Å². The van der Waals surface area contributed by atoms with Crippen molar-refractivity contribution in [2.24, 2.45) is 0 Å². The molecule has 0 amide bonds. The van der Waals surface area contributed by atoms with Crippen molar-refractivity contribution < 1.29 is 0 Å². The van der Waals surface area contributed by atoms with Gasteiger partial charge in [-0.05, 0) is 58.8 Å². The van der Waals surface area contributed by atoms with E-state index in [-0.39, 0.29) is 0 Å². The van der Waals surface area contributed by atoms with E-state index < -0.39 is 0 Å². The lowest BCUT2D eigenvalue weighted by Gasteiger charge is -2.23. The molecule has 2 fully saturated rings. The second kappa shape index (κ2) is 8.60. The smallest absolute Gasteiger partial charge is 0.129 e. The molecule has 0 bridgehead atoms. The molecular weight excluding hydrogens is 286 g/mol. The van der Waals surface area contributed by atoms with Crippen molar-refractivity contribution in [2.45, 2.75) is 51.4 Å². The number of likely N-dealkylation sites (tertiary alicyclic amines) is 1. The van der Waals surface area contributed by atoms with Crippen molar-refractivity contribution in [1.29, 1.82) is 0 Å². The molecule has 0 radical (unpaired) electrons. The van der Waals surface area contributed by atoms with Gasteiger partial charge in [-0.2, -0.15) is 0 Å². The van der Waals surface area contributed by atoms with Crippen LogP contribution in [0.1, 0.15) is 56.0 Å². The van der Waals surface area contributed by atoms with E-state index in [1.165, 1.54) is 57.3 Å². The summed E-state index contributed by atoms with van der Waals surface area (Å²) in [4.78, 5) is 11.8. The zero-order valence-electron chi connectivity index (χ0n) is 14.5. The number of aryl methyl sites for hydroxylation is 1. The van der Waals surface area contributed by atoms with Crippen molar-refractivity contribution in [3.63, 3.8) is 0 Å². The highest BCUT2D eigenvalue weighted by Crippen LogP contribution is 2.25. The van der Waals surface area contributed by atoms with Crippen LogP contribution in [0.25, 0.3) is 0 Å². The molecule has 0 saturated carbocycles. The monoisotopic (exact) mass is 317 g/mol. The Balaban J connectivity index is 1.53. The summed E-state index contributed by atoms with van der Waals surface area (Å²) in [6, 6.07) is 2.17. The quantitative estimate of drug-likeness (QED) is 0.874. The largest absolute Gasteiger partial charge is 0.369 e. The summed E-state index contributed by atoms with van der Waals surface area (Å²) in [5, 5.41) is 6.95. The minimum absolute atomic E-state index is 0.587. The maximum atomic E-state index is 4.68. The molecule has 1 aromatic rings. The molecule has 0 unspecified atom stereocenters. The molecule has 1 aromatic heterocycles. The van der Waals surface area contributed by atoms with Crippen LogP contribution in [-0.2, 0) is 0 Å². The molecule has 2 N–H and O–H groups in total. The van der Waals surface area contributed by atoms with Crippen molar-refractivity contribution in [3.8, 4) is 0 Å². The fourth-order valence-electron chi connectivity index (χ4n) is 3.71. The molecule has 0 aliphatic carbocycles. The standard InChI is InChI=1S/C18H31N5/c1-15-21-17(16-6-8-19-9-7-16)14-18(22-15)20-10-13-23-11-4-2-3-5-12-23/h14,16,19H,2-13H2,1H3,(H,20,21,22). The van der Waals surface area contributed by atoms with Crippen LogP contribution in [0.5, 0.6) is 0 Å². The minimum Gasteiger partial charge on any atom is -0.369 e. The molecule has 2 aliphatic rings. The number of hydrogen-bond acceptors (Lipinski definition) is 5.